The largest absolute Gasteiger partial charge is 0.381 e. The molecule has 5 nitrogen and oxygen atoms in total. The maximum Gasteiger partial charge on any atom is 0.240 e. The average molecular weight is 393 g/mol. The zero-order valence-corrected chi connectivity index (χ0v) is 17.0. The third-order valence-electron chi connectivity index (χ3n) is 6.58. The van der Waals surface area contributed by atoms with Crippen molar-refractivity contribution >= 4 is 10.0 Å². The molecule has 1 aliphatic carbocycles. The molecule has 1 aromatic carbocycles. The Bertz CT molecular complexity index is 751. The Morgan fingerprint density at radius 2 is 1.70 bits per heavy atom. The van der Waals surface area contributed by atoms with Gasteiger partial charge in [0.15, 0.2) is 0 Å². The van der Waals surface area contributed by atoms with Crippen molar-refractivity contribution in [3.63, 3.8) is 0 Å². The fourth-order valence-corrected chi connectivity index (χ4v) is 6.03. The molecule has 4 rings (SSSR count). The third-order valence-corrected chi connectivity index (χ3v) is 7.98. The number of sulfonamides is 1. The fraction of sp³-hybridized carbons (Fsp3) is 0.714. The number of fused-ring (bicyclic) bond motifs is 1. The highest BCUT2D eigenvalue weighted by Crippen LogP contribution is 2.33. The van der Waals surface area contributed by atoms with Crippen molar-refractivity contribution in [3.05, 3.63) is 29.3 Å². The van der Waals surface area contributed by atoms with E-state index in [2.05, 4.69) is 9.62 Å². The number of nitrogens with one attached hydrogen (secondary N) is 1. The molecule has 1 N–H and O–H groups in total. The van der Waals surface area contributed by atoms with Crippen LogP contribution in [-0.2, 0) is 27.6 Å². The Morgan fingerprint density at radius 1 is 1.00 bits per heavy atom. The first-order chi connectivity index (χ1) is 13.1. The van der Waals surface area contributed by atoms with E-state index in [0.717, 1.165) is 65.0 Å². The minimum absolute atomic E-state index is 0.0101. The van der Waals surface area contributed by atoms with Crippen LogP contribution in [0.2, 0.25) is 0 Å². The first-order valence-corrected chi connectivity index (χ1v) is 12.0. The SMILES string of the molecule is O=S(=O)(NCC1(CN2CCCC2)CCOCC1)c1ccc2c(c1)CCCC2. The molecule has 2 heterocycles. The van der Waals surface area contributed by atoms with Crippen molar-refractivity contribution in [1.82, 2.24) is 9.62 Å². The van der Waals surface area contributed by atoms with Crippen molar-refractivity contribution in [2.24, 2.45) is 5.41 Å². The van der Waals surface area contributed by atoms with Gasteiger partial charge in [-0.05, 0) is 87.7 Å². The van der Waals surface area contributed by atoms with Crippen LogP contribution < -0.4 is 4.72 Å². The van der Waals surface area contributed by atoms with Crippen LogP contribution in [0.3, 0.4) is 0 Å². The molecule has 2 aliphatic heterocycles. The molecule has 0 spiro atoms. The van der Waals surface area contributed by atoms with Gasteiger partial charge in [0, 0.05) is 31.7 Å². The number of likely N-dealkylation sites (tertiary alicyclic amines) is 1. The maximum absolute atomic E-state index is 13.0. The van der Waals surface area contributed by atoms with E-state index in [9.17, 15) is 8.42 Å². The molecule has 0 saturated carbocycles. The van der Waals surface area contributed by atoms with Gasteiger partial charge in [-0.15, -0.1) is 0 Å². The average Bonchev–Trinajstić information content (AvgIpc) is 3.20. The number of rotatable bonds is 6. The molecule has 0 unspecified atom stereocenters. The lowest BCUT2D eigenvalue weighted by Crippen LogP contribution is -2.48. The standard InChI is InChI=1S/C21H32N2O3S/c24-27(25,20-8-7-18-5-1-2-6-19(18)15-20)22-16-21(9-13-26-14-10-21)17-23-11-3-4-12-23/h7-8,15,22H,1-6,9-14,16-17H2. The lowest BCUT2D eigenvalue weighted by molar-refractivity contribution is 0.00157. The van der Waals surface area contributed by atoms with E-state index in [1.807, 2.05) is 12.1 Å². The molecule has 2 saturated heterocycles. The van der Waals surface area contributed by atoms with Crippen LogP contribution in [0.5, 0.6) is 0 Å². The lowest BCUT2D eigenvalue weighted by Gasteiger charge is -2.40. The van der Waals surface area contributed by atoms with E-state index in [-0.39, 0.29) is 5.41 Å². The number of hydrogen-bond donors (Lipinski definition) is 1. The number of nitrogens with zero attached hydrogens (tertiary/aromatic N) is 1. The highest BCUT2D eigenvalue weighted by Gasteiger charge is 2.36. The zero-order chi connectivity index (χ0) is 18.7. The number of ether oxygens (including phenoxy) is 1. The predicted molar refractivity (Wildman–Crippen MR) is 106 cm³/mol. The van der Waals surface area contributed by atoms with Crippen LogP contribution in [0.1, 0.15) is 49.7 Å². The van der Waals surface area contributed by atoms with Crippen molar-refractivity contribution in [1.29, 1.82) is 0 Å². The predicted octanol–water partition coefficient (Wildman–Crippen LogP) is 2.74. The Morgan fingerprint density at radius 3 is 2.44 bits per heavy atom. The van der Waals surface area contributed by atoms with E-state index in [1.165, 1.54) is 30.4 Å². The first kappa shape index (κ1) is 19.4. The van der Waals surface area contributed by atoms with Gasteiger partial charge in [0.2, 0.25) is 10.0 Å². The number of aryl methyl sites for hydroxylation is 2. The Kier molecular flexibility index (Phi) is 5.88. The topological polar surface area (TPSA) is 58.6 Å². The summed E-state index contributed by atoms with van der Waals surface area (Å²) in [6, 6.07) is 5.69. The second-order valence-electron chi connectivity index (χ2n) is 8.56. The monoisotopic (exact) mass is 392 g/mol. The summed E-state index contributed by atoms with van der Waals surface area (Å²) in [6.07, 6.45) is 8.80. The molecular weight excluding hydrogens is 360 g/mol. The Labute approximate surface area is 163 Å². The summed E-state index contributed by atoms with van der Waals surface area (Å²) < 4.78 is 34.5. The zero-order valence-electron chi connectivity index (χ0n) is 16.2. The summed E-state index contributed by atoms with van der Waals surface area (Å²) in [7, 11) is -3.47. The summed E-state index contributed by atoms with van der Waals surface area (Å²) >= 11 is 0. The number of hydrogen-bond acceptors (Lipinski definition) is 4. The smallest absolute Gasteiger partial charge is 0.240 e. The molecule has 150 valence electrons. The van der Waals surface area contributed by atoms with Crippen molar-refractivity contribution < 1.29 is 13.2 Å². The molecule has 3 aliphatic rings. The molecule has 0 aromatic heterocycles. The summed E-state index contributed by atoms with van der Waals surface area (Å²) in [5.41, 5.74) is 2.52. The van der Waals surface area contributed by atoms with Crippen LogP contribution in [0.25, 0.3) is 0 Å². The summed E-state index contributed by atoms with van der Waals surface area (Å²) in [5.74, 6) is 0. The van der Waals surface area contributed by atoms with E-state index in [0.29, 0.717) is 11.4 Å². The second kappa shape index (κ2) is 8.19. The van der Waals surface area contributed by atoms with Crippen LogP contribution in [0, 0.1) is 5.41 Å². The van der Waals surface area contributed by atoms with E-state index in [4.69, 9.17) is 4.74 Å². The Balaban J connectivity index is 1.47. The molecule has 6 heteroatoms. The minimum Gasteiger partial charge on any atom is -0.381 e. The van der Waals surface area contributed by atoms with E-state index in [1.54, 1.807) is 6.07 Å². The highest BCUT2D eigenvalue weighted by molar-refractivity contribution is 7.89. The lowest BCUT2D eigenvalue weighted by atomic mass is 9.80. The molecule has 0 bridgehead atoms. The molecule has 1 aromatic rings. The molecular formula is C21H32N2O3S. The number of benzene rings is 1. The van der Waals surface area contributed by atoms with Crippen LogP contribution >= 0.6 is 0 Å². The molecule has 0 atom stereocenters. The van der Waals surface area contributed by atoms with Gasteiger partial charge in [-0.25, -0.2) is 13.1 Å². The maximum atomic E-state index is 13.0. The van der Waals surface area contributed by atoms with Gasteiger partial charge < -0.3 is 9.64 Å². The van der Waals surface area contributed by atoms with Crippen molar-refractivity contribution in [2.45, 2.75) is 56.3 Å². The molecule has 0 amide bonds. The van der Waals surface area contributed by atoms with Gasteiger partial charge >= 0.3 is 0 Å². The van der Waals surface area contributed by atoms with Crippen LogP contribution in [-0.4, -0.2) is 52.7 Å². The van der Waals surface area contributed by atoms with Gasteiger partial charge in [0.25, 0.3) is 0 Å². The summed E-state index contributed by atoms with van der Waals surface area (Å²) in [5, 5.41) is 0. The quantitative estimate of drug-likeness (QED) is 0.809. The highest BCUT2D eigenvalue weighted by atomic mass is 32.2. The minimum atomic E-state index is -3.47. The second-order valence-corrected chi connectivity index (χ2v) is 10.3. The fourth-order valence-electron chi connectivity index (χ4n) is 4.82. The summed E-state index contributed by atoms with van der Waals surface area (Å²) in [6.45, 7) is 5.22. The van der Waals surface area contributed by atoms with Crippen molar-refractivity contribution in [3.8, 4) is 0 Å². The van der Waals surface area contributed by atoms with Crippen LogP contribution in [0.4, 0.5) is 0 Å². The van der Waals surface area contributed by atoms with Gasteiger partial charge in [0.1, 0.15) is 0 Å². The molecule has 27 heavy (non-hydrogen) atoms. The third kappa shape index (κ3) is 4.56. The van der Waals surface area contributed by atoms with Crippen molar-refractivity contribution in [2.75, 3.05) is 39.4 Å². The van der Waals surface area contributed by atoms with Gasteiger partial charge in [-0.2, -0.15) is 0 Å². The normalized spacial score (nSPS) is 23.3. The van der Waals surface area contributed by atoms with E-state index >= 15 is 0 Å². The Hall–Kier alpha value is -0.950. The first-order valence-electron chi connectivity index (χ1n) is 10.5. The summed E-state index contributed by atoms with van der Waals surface area (Å²) in [4.78, 5) is 2.92. The molecule has 0 radical (unpaired) electrons. The van der Waals surface area contributed by atoms with Crippen LogP contribution in [0.15, 0.2) is 23.1 Å². The van der Waals surface area contributed by atoms with Gasteiger partial charge in [-0.3, -0.25) is 0 Å². The van der Waals surface area contributed by atoms with Gasteiger partial charge in [-0.1, -0.05) is 6.07 Å². The molecule has 2 fully saturated rings. The van der Waals surface area contributed by atoms with Gasteiger partial charge in [0.05, 0.1) is 4.90 Å². The van der Waals surface area contributed by atoms with E-state index < -0.39 is 10.0 Å².